The number of aliphatic hydroxyl groups is 1. The fourth-order valence-electron chi connectivity index (χ4n) is 4.70. The first kappa shape index (κ1) is 15.7. The average molecular weight is 316 g/mol. The summed E-state index contributed by atoms with van der Waals surface area (Å²) in [6.07, 6.45) is 6.86. The Hall–Kier alpha value is -0.170. The smallest absolute Gasteiger partial charge is 0.279 e. The van der Waals surface area contributed by atoms with Gasteiger partial charge in [-0.15, -0.1) is 0 Å². The van der Waals surface area contributed by atoms with Crippen LogP contribution in [0.5, 0.6) is 0 Å². The summed E-state index contributed by atoms with van der Waals surface area (Å²) in [4.78, 5) is 0. The van der Waals surface area contributed by atoms with Gasteiger partial charge in [0.05, 0.1) is 0 Å². The summed E-state index contributed by atoms with van der Waals surface area (Å²) in [5, 5.41) is 9.26. The van der Waals surface area contributed by atoms with Crippen LogP contribution in [0.3, 0.4) is 0 Å². The molecule has 0 aromatic rings. The highest BCUT2D eigenvalue weighted by Crippen LogP contribution is 2.49. The van der Waals surface area contributed by atoms with E-state index in [1.54, 1.807) is 0 Å². The maximum absolute atomic E-state index is 12.6. The molecule has 2 N–H and O–H groups in total. The molecule has 3 fully saturated rings. The normalized spacial score (nSPS) is 38.8. The van der Waals surface area contributed by atoms with Gasteiger partial charge in [-0.25, -0.2) is 0 Å². The van der Waals surface area contributed by atoms with E-state index in [0.717, 1.165) is 24.7 Å². The second-order valence-electron chi connectivity index (χ2n) is 7.30. The van der Waals surface area contributed by atoms with E-state index in [4.69, 9.17) is 0 Å². The van der Waals surface area contributed by atoms with Crippen molar-refractivity contribution in [2.45, 2.75) is 51.5 Å². The molecule has 0 aromatic heterocycles. The zero-order valence-electron chi connectivity index (χ0n) is 12.9. The topological polar surface area (TPSA) is 69.6 Å². The minimum atomic E-state index is -3.41. The highest BCUT2D eigenvalue weighted by Gasteiger charge is 2.43. The molecule has 5 unspecified atom stereocenters. The molecule has 0 aromatic carbocycles. The van der Waals surface area contributed by atoms with Gasteiger partial charge in [0.2, 0.25) is 0 Å². The fraction of sp³-hybridized carbons (Fsp3) is 1.00. The van der Waals surface area contributed by atoms with Gasteiger partial charge < -0.3 is 5.11 Å². The Morgan fingerprint density at radius 3 is 2.71 bits per heavy atom. The lowest BCUT2D eigenvalue weighted by Crippen LogP contribution is -2.50. The van der Waals surface area contributed by atoms with E-state index in [1.807, 2.05) is 6.92 Å². The van der Waals surface area contributed by atoms with E-state index in [2.05, 4.69) is 4.72 Å². The van der Waals surface area contributed by atoms with Crippen LogP contribution in [0.2, 0.25) is 0 Å². The minimum Gasteiger partial charge on any atom is -0.396 e. The third kappa shape index (κ3) is 3.28. The molecule has 5 atom stereocenters. The molecule has 3 aliphatic rings. The maximum Gasteiger partial charge on any atom is 0.279 e. The predicted octanol–water partition coefficient (Wildman–Crippen LogP) is 1.35. The minimum absolute atomic E-state index is 0.0276. The first-order chi connectivity index (χ1) is 9.99. The van der Waals surface area contributed by atoms with Gasteiger partial charge >= 0.3 is 0 Å². The molecule has 21 heavy (non-hydrogen) atoms. The number of rotatable bonds is 5. The number of hydrogen-bond acceptors (Lipinski definition) is 3. The molecule has 2 bridgehead atoms. The Morgan fingerprint density at radius 2 is 2.10 bits per heavy atom. The Kier molecular flexibility index (Phi) is 4.60. The molecule has 0 radical (unpaired) electrons. The van der Waals surface area contributed by atoms with Crippen LogP contribution in [0.1, 0.15) is 45.4 Å². The fourth-order valence-corrected chi connectivity index (χ4v) is 6.27. The van der Waals surface area contributed by atoms with Crippen LogP contribution in [0, 0.1) is 23.7 Å². The van der Waals surface area contributed by atoms with Crippen LogP contribution in [-0.2, 0) is 10.2 Å². The Labute approximate surface area is 128 Å². The molecule has 6 heteroatoms. The van der Waals surface area contributed by atoms with Crippen LogP contribution in [0.4, 0.5) is 0 Å². The Morgan fingerprint density at radius 1 is 1.29 bits per heavy atom. The van der Waals surface area contributed by atoms with Crippen molar-refractivity contribution >= 4 is 10.2 Å². The van der Waals surface area contributed by atoms with E-state index in [9.17, 15) is 13.5 Å². The molecule has 2 aliphatic carbocycles. The van der Waals surface area contributed by atoms with Crippen molar-refractivity contribution in [3.63, 3.8) is 0 Å². The summed E-state index contributed by atoms with van der Waals surface area (Å²) in [6.45, 7) is 3.13. The highest BCUT2D eigenvalue weighted by molar-refractivity contribution is 7.87. The van der Waals surface area contributed by atoms with Crippen LogP contribution in [-0.4, -0.2) is 43.6 Å². The monoisotopic (exact) mass is 316 g/mol. The van der Waals surface area contributed by atoms with E-state index in [1.165, 1.54) is 30.0 Å². The first-order valence-electron chi connectivity index (χ1n) is 8.38. The molecular formula is C15H28N2O3S. The first-order valence-corrected chi connectivity index (χ1v) is 9.82. The number of nitrogens with zero attached hydrogens (tertiary/aromatic N) is 1. The molecule has 1 aliphatic heterocycles. The van der Waals surface area contributed by atoms with Crippen LogP contribution in [0.15, 0.2) is 0 Å². The van der Waals surface area contributed by atoms with Gasteiger partial charge in [-0.2, -0.15) is 17.4 Å². The lowest BCUT2D eigenvalue weighted by Gasteiger charge is -2.34. The molecule has 2 saturated carbocycles. The van der Waals surface area contributed by atoms with E-state index in [0.29, 0.717) is 19.0 Å². The SMILES string of the molecule is CC(NS(=O)(=O)N1CCCC(CO)C1)C1CC2CCC1C2. The molecule has 1 saturated heterocycles. The number of aliphatic hydroxyl groups excluding tert-OH is 1. The summed E-state index contributed by atoms with van der Waals surface area (Å²) < 4.78 is 29.5. The van der Waals surface area contributed by atoms with Crippen LogP contribution in [0.25, 0.3) is 0 Å². The molecule has 5 nitrogen and oxygen atoms in total. The molecule has 3 rings (SSSR count). The predicted molar refractivity (Wildman–Crippen MR) is 81.8 cm³/mol. The van der Waals surface area contributed by atoms with Gasteiger partial charge in [-0.3, -0.25) is 0 Å². The standard InChI is InChI=1S/C15H28N2O3S/c1-11(15-8-12-4-5-14(15)7-12)16-21(19,20)17-6-2-3-13(9-17)10-18/h11-16,18H,2-10H2,1H3. The second-order valence-corrected chi connectivity index (χ2v) is 9.00. The van der Waals surface area contributed by atoms with Crippen LogP contribution >= 0.6 is 0 Å². The van der Waals surface area contributed by atoms with Gasteiger partial charge in [0.15, 0.2) is 0 Å². The number of hydrogen-bond donors (Lipinski definition) is 2. The van der Waals surface area contributed by atoms with Crippen molar-refractivity contribution < 1.29 is 13.5 Å². The van der Waals surface area contributed by atoms with Crippen molar-refractivity contribution in [2.24, 2.45) is 23.7 Å². The quantitative estimate of drug-likeness (QED) is 0.804. The molecule has 122 valence electrons. The Bertz CT molecular complexity index is 468. The van der Waals surface area contributed by atoms with E-state index in [-0.39, 0.29) is 18.6 Å². The molecule has 0 spiro atoms. The van der Waals surface area contributed by atoms with Crippen LogP contribution < -0.4 is 4.72 Å². The largest absolute Gasteiger partial charge is 0.396 e. The van der Waals surface area contributed by atoms with Crippen molar-refractivity contribution in [3.8, 4) is 0 Å². The van der Waals surface area contributed by atoms with Gasteiger partial charge in [-0.05, 0) is 62.7 Å². The average Bonchev–Trinajstić information content (AvgIpc) is 3.09. The summed E-state index contributed by atoms with van der Waals surface area (Å²) >= 11 is 0. The van der Waals surface area contributed by atoms with Crippen molar-refractivity contribution in [1.82, 2.24) is 9.03 Å². The second kappa shape index (κ2) is 6.14. The lowest BCUT2D eigenvalue weighted by molar-refractivity contribution is 0.163. The number of piperidine rings is 1. The maximum atomic E-state index is 12.6. The van der Waals surface area contributed by atoms with Crippen molar-refractivity contribution in [2.75, 3.05) is 19.7 Å². The molecular weight excluding hydrogens is 288 g/mol. The van der Waals surface area contributed by atoms with E-state index >= 15 is 0 Å². The van der Waals surface area contributed by atoms with Gasteiger partial charge in [0, 0.05) is 25.7 Å². The van der Waals surface area contributed by atoms with Crippen molar-refractivity contribution in [1.29, 1.82) is 0 Å². The summed E-state index contributed by atoms with van der Waals surface area (Å²) in [6, 6.07) is 0.0276. The zero-order chi connectivity index (χ0) is 15.0. The third-order valence-corrected chi connectivity index (χ3v) is 7.53. The zero-order valence-corrected chi connectivity index (χ0v) is 13.7. The number of fused-ring (bicyclic) bond motifs is 2. The lowest BCUT2D eigenvalue weighted by atomic mass is 9.84. The number of nitrogens with one attached hydrogen (secondary N) is 1. The van der Waals surface area contributed by atoms with Crippen molar-refractivity contribution in [3.05, 3.63) is 0 Å². The van der Waals surface area contributed by atoms with Gasteiger partial charge in [-0.1, -0.05) is 6.42 Å². The summed E-state index contributed by atoms with van der Waals surface area (Å²) in [7, 11) is -3.41. The third-order valence-electron chi connectivity index (χ3n) is 5.85. The van der Waals surface area contributed by atoms with Gasteiger partial charge in [0.1, 0.15) is 0 Å². The van der Waals surface area contributed by atoms with Gasteiger partial charge in [0.25, 0.3) is 10.2 Å². The summed E-state index contributed by atoms with van der Waals surface area (Å²) in [5.41, 5.74) is 0. The molecule has 0 amide bonds. The van der Waals surface area contributed by atoms with E-state index < -0.39 is 10.2 Å². The molecule has 1 heterocycles. The Balaban J connectivity index is 1.60. The highest BCUT2D eigenvalue weighted by atomic mass is 32.2. The summed E-state index contributed by atoms with van der Waals surface area (Å²) in [5.74, 6) is 2.16.